The maximum atomic E-state index is 12.4. The van der Waals surface area contributed by atoms with Crippen molar-refractivity contribution in [2.75, 3.05) is 14.2 Å². The Bertz CT molecular complexity index is 956. The van der Waals surface area contributed by atoms with Crippen LogP contribution in [-0.2, 0) is 23.0 Å². The molecule has 26 heavy (non-hydrogen) atoms. The molecule has 2 aromatic rings. The lowest BCUT2D eigenvalue weighted by Crippen LogP contribution is -2.10. The number of carboxylic acid groups (broad SMARTS) is 1. The van der Waals surface area contributed by atoms with Gasteiger partial charge in [0.05, 0.1) is 41.3 Å². The molecule has 0 saturated heterocycles. The summed E-state index contributed by atoms with van der Waals surface area (Å²) in [5, 5.41) is 21.1. The van der Waals surface area contributed by atoms with Crippen LogP contribution >= 0.6 is 0 Å². The van der Waals surface area contributed by atoms with E-state index in [-0.39, 0.29) is 28.0 Å². The van der Waals surface area contributed by atoms with Gasteiger partial charge in [-0.25, -0.2) is 9.59 Å². The summed E-state index contributed by atoms with van der Waals surface area (Å²) in [6, 6.07) is 1.63. The minimum absolute atomic E-state index is 0.0215. The average molecular weight is 362 g/mol. The van der Waals surface area contributed by atoms with Gasteiger partial charge in [-0.2, -0.15) is 0 Å². The number of carbonyl (C=O) groups excluding carboxylic acids is 1. The van der Waals surface area contributed by atoms with E-state index in [9.17, 15) is 24.8 Å². The molecule has 0 atom stereocenters. The molecule has 9 nitrogen and oxygen atoms in total. The fraction of sp³-hybridized carbons (Fsp3) is 0.294. The molecule has 0 aliphatic rings. The van der Waals surface area contributed by atoms with Crippen LogP contribution in [0.3, 0.4) is 0 Å². The zero-order valence-corrected chi connectivity index (χ0v) is 14.8. The van der Waals surface area contributed by atoms with Crippen molar-refractivity contribution in [1.82, 2.24) is 4.57 Å². The second-order valence-corrected chi connectivity index (χ2v) is 5.48. The highest BCUT2D eigenvalue weighted by Gasteiger charge is 2.34. The number of hydrogen-bond donors (Lipinski definition) is 1. The maximum Gasteiger partial charge on any atom is 0.340 e. The summed E-state index contributed by atoms with van der Waals surface area (Å²) < 4.78 is 11.4. The fourth-order valence-electron chi connectivity index (χ4n) is 3.03. The third-order valence-electron chi connectivity index (χ3n) is 4.20. The summed E-state index contributed by atoms with van der Waals surface area (Å²) in [6.45, 7) is 5.29. The van der Waals surface area contributed by atoms with Crippen molar-refractivity contribution in [2.24, 2.45) is 7.05 Å². The van der Waals surface area contributed by atoms with Gasteiger partial charge in [-0.05, 0) is 12.5 Å². The van der Waals surface area contributed by atoms with Crippen LogP contribution in [0.1, 0.15) is 28.5 Å². The summed E-state index contributed by atoms with van der Waals surface area (Å²) in [7, 11) is 3.91. The van der Waals surface area contributed by atoms with Crippen molar-refractivity contribution in [2.45, 2.75) is 13.3 Å². The van der Waals surface area contributed by atoms with Gasteiger partial charge < -0.3 is 19.1 Å². The van der Waals surface area contributed by atoms with Crippen LogP contribution in [0, 0.1) is 10.1 Å². The number of benzene rings is 1. The van der Waals surface area contributed by atoms with Gasteiger partial charge in [-0.3, -0.25) is 10.1 Å². The normalized spacial score (nSPS) is 10.6. The SMILES string of the molecule is C=C(C(=O)O)c1c(C(=O)OC)c2c([N+](=O)[O-])c(OC)c(CC)cc2n1C. The Balaban J connectivity index is 3.18. The molecule has 0 bridgehead atoms. The Morgan fingerprint density at radius 2 is 2.00 bits per heavy atom. The van der Waals surface area contributed by atoms with E-state index in [2.05, 4.69) is 6.58 Å². The first-order valence-corrected chi connectivity index (χ1v) is 7.58. The molecule has 0 aliphatic carbocycles. The van der Waals surface area contributed by atoms with Crippen LogP contribution < -0.4 is 4.74 Å². The number of carbonyl (C=O) groups is 2. The highest BCUT2D eigenvalue weighted by atomic mass is 16.6. The fourth-order valence-corrected chi connectivity index (χ4v) is 3.03. The van der Waals surface area contributed by atoms with Crippen LogP contribution in [-0.4, -0.2) is 40.8 Å². The van der Waals surface area contributed by atoms with E-state index in [1.807, 2.05) is 0 Å². The van der Waals surface area contributed by atoms with Crippen LogP contribution in [0.4, 0.5) is 5.69 Å². The van der Waals surface area contributed by atoms with E-state index < -0.39 is 22.5 Å². The van der Waals surface area contributed by atoms with Crippen molar-refractivity contribution >= 4 is 34.1 Å². The number of ether oxygens (including phenoxy) is 2. The third-order valence-corrected chi connectivity index (χ3v) is 4.20. The number of methoxy groups -OCH3 is 2. The van der Waals surface area contributed by atoms with Crippen molar-refractivity contribution < 1.29 is 29.1 Å². The number of fused-ring (bicyclic) bond motifs is 1. The lowest BCUT2D eigenvalue weighted by atomic mass is 10.0. The Morgan fingerprint density at radius 1 is 1.38 bits per heavy atom. The van der Waals surface area contributed by atoms with E-state index in [0.29, 0.717) is 17.5 Å². The lowest BCUT2D eigenvalue weighted by molar-refractivity contribution is -0.384. The molecule has 138 valence electrons. The lowest BCUT2D eigenvalue weighted by Gasteiger charge is -2.09. The van der Waals surface area contributed by atoms with Gasteiger partial charge in [0, 0.05) is 12.6 Å². The summed E-state index contributed by atoms with van der Waals surface area (Å²) in [5.41, 5.74) is -0.219. The topological polar surface area (TPSA) is 121 Å². The van der Waals surface area contributed by atoms with E-state index in [0.717, 1.165) is 7.11 Å². The second-order valence-electron chi connectivity index (χ2n) is 5.48. The molecule has 1 heterocycles. The maximum absolute atomic E-state index is 12.4. The standard InChI is InChI=1S/C17H18N2O7/c1-6-9-7-10-11(14(19(23)24)15(9)25-4)12(17(22)26-5)13(18(10)3)8(2)16(20)21/h7H,2,6H2,1,3-5H3,(H,20,21). The quantitative estimate of drug-likeness (QED) is 0.363. The first kappa shape index (κ1) is 19.0. The van der Waals surface area contributed by atoms with E-state index in [4.69, 9.17) is 9.47 Å². The molecule has 1 N–H and O–H groups in total. The molecule has 0 spiro atoms. The number of aliphatic carboxylic acids is 1. The van der Waals surface area contributed by atoms with Gasteiger partial charge in [-0.1, -0.05) is 13.5 Å². The van der Waals surface area contributed by atoms with Crippen molar-refractivity contribution in [3.05, 3.63) is 39.6 Å². The smallest absolute Gasteiger partial charge is 0.340 e. The monoisotopic (exact) mass is 362 g/mol. The Hall–Kier alpha value is -3.36. The summed E-state index contributed by atoms with van der Waals surface area (Å²) >= 11 is 0. The molecule has 2 rings (SSSR count). The number of aryl methyl sites for hydroxylation is 2. The predicted octanol–water partition coefficient (Wildman–Crippen LogP) is 2.54. The summed E-state index contributed by atoms with van der Waals surface area (Å²) in [4.78, 5) is 34.9. The largest absolute Gasteiger partial charge is 0.490 e. The molecule has 0 saturated carbocycles. The number of aromatic nitrogens is 1. The number of esters is 1. The summed E-state index contributed by atoms with van der Waals surface area (Å²) in [5.74, 6) is -2.23. The highest BCUT2D eigenvalue weighted by Crippen LogP contribution is 2.43. The molecule has 0 fully saturated rings. The van der Waals surface area contributed by atoms with Crippen LogP contribution in [0.2, 0.25) is 0 Å². The van der Waals surface area contributed by atoms with Gasteiger partial charge in [0.15, 0.2) is 0 Å². The first-order chi connectivity index (χ1) is 12.2. The van der Waals surface area contributed by atoms with Crippen LogP contribution in [0.15, 0.2) is 12.6 Å². The molecule has 1 aromatic carbocycles. The van der Waals surface area contributed by atoms with Crippen molar-refractivity contribution in [3.8, 4) is 5.75 Å². The summed E-state index contributed by atoms with van der Waals surface area (Å²) in [6.07, 6.45) is 0.438. The van der Waals surface area contributed by atoms with Gasteiger partial charge in [0.1, 0.15) is 5.56 Å². The number of hydrogen-bond acceptors (Lipinski definition) is 6. The van der Waals surface area contributed by atoms with Gasteiger partial charge in [0.2, 0.25) is 5.75 Å². The number of nitrogens with zero attached hydrogens (tertiary/aromatic N) is 2. The highest BCUT2D eigenvalue weighted by molar-refractivity contribution is 6.21. The molecular weight excluding hydrogens is 344 g/mol. The Kier molecular flexibility index (Phi) is 5.01. The van der Waals surface area contributed by atoms with Gasteiger partial charge in [-0.15, -0.1) is 0 Å². The zero-order chi connectivity index (χ0) is 19.8. The average Bonchev–Trinajstić information content (AvgIpc) is 2.90. The molecule has 9 heteroatoms. The van der Waals surface area contributed by atoms with E-state index >= 15 is 0 Å². The van der Waals surface area contributed by atoms with Crippen LogP contribution in [0.25, 0.3) is 16.5 Å². The molecular formula is C17H18N2O7. The Morgan fingerprint density at radius 3 is 2.42 bits per heavy atom. The first-order valence-electron chi connectivity index (χ1n) is 7.58. The van der Waals surface area contributed by atoms with Gasteiger partial charge in [0.25, 0.3) is 0 Å². The zero-order valence-electron chi connectivity index (χ0n) is 14.8. The minimum atomic E-state index is -1.36. The predicted molar refractivity (Wildman–Crippen MR) is 93.5 cm³/mol. The molecule has 0 amide bonds. The van der Waals surface area contributed by atoms with Crippen molar-refractivity contribution in [3.63, 3.8) is 0 Å². The molecule has 1 aromatic heterocycles. The number of nitro groups is 1. The number of rotatable bonds is 6. The van der Waals surface area contributed by atoms with E-state index in [1.54, 1.807) is 13.0 Å². The number of nitro benzene ring substituents is 1. The van der Waals surface area contributed by atoms with Crippen molar-refractivity contribution in [1.29, 1.82) is 0 Å². The third kappa shape index (κ3) is 2.67. The second kappa shape index (κ2) is 6.87. The minimum Gasteiger partial charge on any atom is -0.490 e. The molecule has 0 radical (unpaired) electrons. The number of carboxylic acids is 1. The van der Waals surface area contributed by atoms with Crippen LogP contribution in [0.5, 0.6) is 5.75 Å². The Labute approximate surface area is 148 Å². The molecule has 0 unspecified atom stereocenters. The van der Waals surface area contributed by atoms with E-state index in [1.165, 1.54) is 18.7 Å². The molecule has 0 aliphatic heterocycles. The van der Waals surface area contributed by atoms with Gasteiger partial charge >= 0.3 is 17.6 Å².